The number of rotatable bonds is 8. The van der Waals surface area contributed by atoms with E-state index in [1.807, 2.05) is 28.9 Å². The summed E-state index contributed by atoms with van der Waals surface area (Å²) in [6.07, 6.45) is 8.21. The van der Waals surface area contributed by atoms with E-state index in [1.165, 1.54) is 5.56 Å². The molecule has 4 aromatic rings. The van der Waals surface area contributed by atoms with E-state index in [-0.39, 0.29) is 17.7 Å². The Hall–Kier alpha value is -3.30. The van der Waals surface area contributed by atoms with E-state index in [0.29, 0.717) is 24.5 Å². The van der Waals surface area contributed by atoms with Crippen LogP contribution < -0.4 is 5.56 Å². The fraction of sp³-hybridized carbons (Fsp3) is 0.500. The van der Waals surface area contributed by atoms with Gasteiger partial charge in [0.05, 0.1) is 25.0 Å². The molecule has 1 N–H and O–H groups in total. The van der Waals surface area contributed by atoms with Crippen molar-refractivity contribution in [1.29, 1.82) is 0 Å². The predicted molar refractivity (Wildman–Crippen MR) is 139 cm³/mol. The van der Waals surface area contributed by atoms with Crippen molar-refractivity contribution >= 4 is 10.9 Å². The van der Waals surface area contributed by atoms with Crippen LogP contribution in [-0.2, 0) is 11.3 Å². The lowest BCUT2D eigenvalue weighted by Crippen LogP contribution is -2.39. The van der Waals surface area contributed by atoms with Gasteiger partial charge in [0, 0.05) is 24.2 Å². The van der Waals surface area contributed by atoms with Crippen molar-refractivity contribution in [2.45, 2.75) is 77.1 Å². The fourth-order valence-corrected chi connectivity index (χ4v) is 5.90. The van der Waals surface area contributed by atoms with Crippen molar-refractivity contribution in [3.63, 3.8) is 0 Å². The third kappa shape index (κ3) is 4.85. The molecule has 2 fully saturated rings. The summed E-state index contributed by atoms with van der Waals surface area (Å²) in [7, 11) is 0. The monoisotopic (exact) mass is 502 g/mol. The van der Waals surface area contributed by atoms with Crippen LogP contribution in [0.1, 0.15) is 78.9 Å². The van der Waals surface area contributed by atoms with Crippen LogP contribution in [0.4, 0.5) is 0 Å². The summed E-state index contributed by atoms with van der Waals surface area (Å²) in [5, 5.41) is 14.1. The number of tetrazole rings is 1. The van der Waals surface area contributed by atoms with Gasteiger partial charge < -0.3 is 14.1 Å². The van der Waals surface area contributed by atoms with E-state index in [4.69, 9.17) is 9.15 Å². The predicted octanol–water partition coefficient (Wildman–Crippen LogP) is 4.61. The molecule has 9 nitrogen and oxygen atoms in total. The zero-order valence-electron chi connectivity index (χ0n) is 21.5. The number of fused-ring (bicyclic) bond motifs is 1. The van der Waals surface area contributed by atoms with Crippen molar-refractivity contribution in [3.8, 4) is 0 Å². The van der Waals surface area contributed by atoms with Crippen LogP contribution in [0.5, 0.6) is 0 Å². The van der Waals surface area contributed by atoms with Crippen LogP contribution in [0.3, 0.4) is 0 Å². The summed E-state index contributed by atoms with van der Waals surface area (Å²) in [5.41, 5.74) is 3.68. The number of aromatic amines is 1. The molecule has 1 aliphatic heterocycles. The molecule has 2 aliphatic rings. The smallest absolute Gasteiger partial charge is 0.253 e. The van der Waals surface area contributed by atoms with Gasteiger partial charge in [-0.15, -0.1) is 5.10 Å². The summed E-state index contributed by atoms with van der Waals surface area (Å²) in [6, 6.07) is 9.84. The Morgan fingerprint density at radius 3 is 2.73 bits per heavy atom. The molecule has 9 heteroatoms. The average molecular weight is 503 g/mol. The maximum Gasteiger partial charge on any atom is 0.253 e. The largest absolute Gasteiger partial charge is 0.468 e. The molecule has 0 bridgehead atoms. The lowest BCUT2D eigenvalue weighted by atomic mass is 10.00. The van der Waals surface area contributed by atoms with E-state index in [9.17, 15) is 4.79 Å². The number of nitrogens with one attached hydrogen (secondary N) is 1. The van der Waals surface area contributed by atoms with E-state index in [1.54, 1.807) is 6.26 Å². The van der Waals surface area contributed by atoms with Gasteiger partial charge in [-0.25, -0.2) is 4.68 Å². The lowest BCUT2D eigenvalue weighted by Gasteiger charge is -2.32. The minimum Gasteiger partial charge on any atom is -0.468 e. The van der Waals surface area contributed by atoms with Gasteiger partial charge in [-0.3, -0.25) is 9.69 Å². The minimum absolute atomic E-state index is 0.0812. The SMILES string of the molecule is Cc1cc2cc(C(c3nnnn3C3CCCC3)N(Cc3ccco3)CC3CCCO3)c(=O)[nH]c2cc1C. The van der Waals surface area contributed by atoms with Gasteiger partial charge in [0.2, 0.25) is 0 Å². The molecule has 194 valence electrons. The Labute approximate surface area is 215 Å². The Morgan fingerprint density at radius 1 is 1.14 bits per heavy atom. The standard InChI is InChI=1S/C28H34N6O3/c1-18-13-20-15-24(28(35)29-25(20)14-19(18)2)26(27-30-31-32-34(27)21-7-3-4-8-21)33(16-22-9-5-11-36-22)17-23-10-6-12-37-23/h5,9,11,13-15,21,23,26H,3-4,6-8,10,12,16-17H2,1-2H3,(H,29,35). The van der Waals surface area contributed by atoms with Gasteiger partial charge in [0.1, 0.15) is 11.8 Å². The maximum absolute atomic E-state index is 13.7. The Morgan fingerprint density at radius 2 is 1.97 bits per heavy atom. The van der Waals surface area contributed by atoms with Crippen LogP contribution in [0.25, 0.3) is 10.9 Å². The van der Waals surface area contributed by atoms with E-state index in [2.05, 4.69) is 45.3 Å². The lowest BCUT2D eigenvalue weighted by molar-refractivity contribution is 0.0541. The molecule has 1 saturated carbocycles. The van der Waals surface area contributed by atoms with Gasteiger partial charge in [0.15, 0.2) is 5.82 Å². The highest BCUT2D eigenvalue weighted by molar-refractivity contribution is 5.81. The highest BCUT2D eigenvalue weighted by atomic mass is 16.5. The number of ether oxygens (including phenoxy) is 1. The molecule has 0 amide bonds. The molecule has 3 aromatic heterocycles. The highest BCUT2D eigenvalue weighted by Crippen LogP contribution is 2.35. The van der Waals surface area contributed by atoms with Gasteiger partial charge in [-0.05, 0) is 96.8 Å². The minimum atomic E-state index is -0.459. The molecule has 0 radical (unpaired) electrons. The molecule has 1 aromatic carbocycles. The number of hydrogen-bond donors (Lipinski definition) is 1. The van der Waals surface area contributed by atoms with Crippen molar-refractivity contribution < 1.29 is 9.15 Å². The second kappa shape index (κ2) is 10.2. The molecule has 2 atom stereocenters. The van der Waals surface area contributed by atoms with Crippen LogP contribution in [0, 0.1) is 13.8 Å². The van der Waals surface area contributed by atoms with Gasteiger partial charge in [-0.2, -0.15) is 0 Å². The molecular weight excluding hydrogens is 468 g/mol. The number of aryl methyl sites for hydroxylation is 2. The number of hydrogen-bond acceptors (Lipinski definition) is 7. The quantitative estimate of drug-likeness (QED) is 0.375. The Bertz CT molecular complexity index is 1410. The number of H-pyrrole nitrogens is 1. The van der Waals surface area contributed by atoms with Crippen LogP contribution in [0.15, 0.2) is 45.8 Å². The molecule has 37 heavy (non-hydrogen) atoms. The third-order valence-electron chi connectivity index (χ3n) is 7.98. The molecule has 1 aliphatic carbocycles. The first-order valence-corrected chi connectivity index (χ1v) is 13.4. The average Bonchev–Trinajstić information content (AvgIpc) is 3.69. The molecule has 0 spiro atoms. The first kappa shape index (κ1) is 24.1. The van der Waals surface area contributed by atoms with Crippen molar-refractivity contribution in [1.82, 2.24) is 30.1 Å². The molecular formula is C28H34N6O3. The van der Waals surface area contributed by atoms with Gasteiger partial charge in [-0.1, -0.05) is 12.8 Å². The second-order valence-corrected chi connectivity index (χ2v) is 10.5. The number of pyridine rings is 1. The molecule has 6 rings (SSSR count). The summed E-state index contributed by atoms with van der Waals surface area (Å²) < 4.78 is 13.8. The van der Waals surface area contributed by atoms with Gasteiger partial charge in [0.25, 0.3) is 5.56 Å². The topological polar surface area (TPSA) is 102 Å². The summed E-state index contributed by atoms with van der Waals surface area (Å²) in [4.78, 5) is 19.1. The van der Waals surface area contributed by atoms with E-state index >= 15 is 0 Å². The van der Waals surface area contributed by atoms with Gasteiger partial charge >= 0.3 is 0 Å². The summed E-state index contributed by atoms with van der Waals surface area (Å²) in [6.45, 7) is 6.08. The fourth-order valence-electron chi connectivity index (χ4n) is 5.90. The molecule has 2 unspecified atom stereocenters. The van der Waals surface area contributed by atoms with E-state index in [0.717, 1.165) is 67.4 Å². The number of aromatic nitrogens is 5. The molecule has 4 heterocycles. The van der Waals surface area contributed by atoms with E-state index < -0.39 is 6.04 Å². The van der Waals surface area contributed by atoms with Crippen molar-refractivity contribution in [2.75, 3.05) is 13.2 Å². The highest BCUT2D eigenvalue weighted by Gasteiger charge is 2.35. The zero-order chi connectivity index (χ0) is 25.4. The zero-order valence-corrected chi connectivity index (χ0v) is 21.5. The number of nitrogens with zero attached hydrogens (tertiary/aromatic N) is 5. The molecule has 1 saturated heterocycles. The van der Waals surface area contributed by atoms with Crippen LogP contribution >= 0.6 is 0 Å². The second-order valence-electron chi connectivity index (χ2n) is 10.5. The Kier molecular flexibility index (Phi) is 6.65. The van der Waals surface area contributed by atoms with Crippen molar-refractivity contribution in [2.24, 2.45) is 0 Å². The third-order valence-corrected chi connectivity index (χ3v) is 7.98. The van der Waals surface area contributed by atoms with Crippen molar-refractivity contribution in [3.05, 3.63) is 75.2 Å². The Balaban J connectivity index is 1.51. The van der Waals surface area contributed by atoms with Crippen LogP contribution in [-0.4, -0.2) is 49.3 Å². The summed E-state index contributed by atoms with van der Waals surface area (Å²) >= 11 is 0. The summed E-state index contributed by atoms with van der Waals surface area (Å²) in [5.74, 6) is 1.52. The van der Waals surface area contributed by atoms with Crippen LogP contribution in [0.2, 0.25) is 0 Å². The number of furan rings is 1. The normalized spacial score (nSPS) is 19.4. The number of benzene rings is 1. The maximum atomic E-state index is 13.7. The first-order chi connectivity index (χ1) is 18.1. The first-order valence-electron chi connectivity index (χ1n) is 13.4.